The monoisotopic (exact) mass is 303 g/mol. The third-order valence-corrected chi connectivity index (χ3v) is 4.35. The van der Waals surface area contributed by atoms with Crippen molar-refractivity contribution in [3.05, 3.63) is 34.5 Å². The summed E-state index contributed by atoms with van der Waals surface area (Å²) < 4.78 is 1.96. The van der Waals surface area contributed by atoms with Gasteiger partial charge in [-0.15, -0.1) is 0 Å². The Bertz CT molecular complexity index is 685. The van der Waals surface area contributed by atoms with E-state index in [9.17, 15) is 15.0 Å². The number of aliphatic hydroxyl groups is 1. The normalized spacial score (nSPS) is 11.3. The van der Waals surface area contributed by atoms with Crippen molar-refractivity contribution in [2.45, 2.75) is 53.0 Å². The molecule has 0 spiro atoms. The second-order valence-electron chi connectivity index (χ2n) is 5.74. The van der Waals surface area contributed by atoms with E-state index in [1.807, 2.05) is 18.4 Å². The highest BCUT2D eigenvalue weighted by molar-refractivity contribution is 6.04. The Morgan fingerprint density at radius 2 is 2.00 bits per heavy atom. The molecule has 120 valence electrons. The maximum Gasteiger partial charge on any atom is 0.337 e. The largest absolute Gasteiger partial charge is 0.478 e. The molecule has 0 saturated heterocycles. The quantitative estimate of drug-likeness (QED) is 0.822. The van der Waals surface area contributed by atoms with E-state index in [-0.39, 0.29) is 6.61 Å². The number of carbonyl (C=O) groups is 1. The number of carboxylic acid groups (broad SMARTS) is 1. The Balaban J connectivity index is 2.80. The van der Waals surface area contributed by atoms with Gasteiger partial charge in [-0.05, 0) is 49.4 Å². The number of carboxylic acids is 1. The first-order valence-electron chi connectivity index (χ1n) is 8.03. The highest BCUT2D eigenvalue weighted by atomic mass is 16.4. The summed E-state index contributed by atoms with van der Waals surface area (Å²) in [5.74, 6) is -0.904. The molecule has 0 atom stereocenters. The Morgan fingerprint density at radius 3 is 2.55 bits per heavy atom. The van der Waals surface area contributed by atoms with Crippen LogP contribution < -0.4 is 0 Å². The fraction of sp³-hybridized carbons (Fsp3) is 0.500. The number of benzene rings is 1. The van der Waals surface area contributed by atoms with Crippen molar-refractivity contribution in [1.29, 1.82) is 0 Å². The maximum absolute atomic E-state index is 11.7. The molecule has 0 aliphatic rings. The smallest absolute Gasteiger partial charge is 0.337 e. The summed E-state index contributed by atoms with van der Waals surface area (Å²) in [6, 6.07) is 3.88. The first kappa shape index (κ1) is 16.6. The molecular weight excluding hydrogens is 278 g/mol. The second kappa shape index (κ2) is 6.97. The first-order chi connectivity index (χ1) is 10.5. The van der Waals surface area contributed by atoms with Gasteiger partial charge in [-0.2, -0.15) is 0 Å². The molecule has 2 rings (SSSR count). The minimum absolute atomic E-state index is 0.00638. The van der Waals surface area contributed by atoms with Crippen molar-refractivity contribution in [1.82, 2.24) is 4.57 Å². The molecule has 0 amide bonds. The number of aromatic nitrogens is 1. The molecule has 0 aliphatic carbocycles. The number of hydrogen-bond acceptors (Lipinski definition) is 2. The van der Waals surface area contributed by atoms with Gasteiger partial charge in [-0.3, -0.25) is 0 Å². The number of rotatable bonds is 7. The lowest BCUT2D eigenvalue weighted by molar-refractivity contribution is 0.0698. The van der Waals surface area contributed by atoms with E-state index in [1.54, 1.807) is 6.07 Å². The zero-order valence-electron chi connectivity index (χ0n) is 13.6. The van der Waals surface area contributed by atoms with E-state index in [4.69, 9.17) is 0 Å². The molecule has 0 unspecified atom stereocenters. The van der Waals surface area contributed by atoms with Gasteiger partial charge in [0, 0.05) is 17.6 Å². The second-order valence-corrected chi connectivity index (χ2v) is 5.74. The van der Waals surface area contributed by atoms with Crippen molar-refractivity contribution in [2.24, 2.45) is 0 Å². The molecule has 22 heavy (non-hydrogen) atoms. The fourth-order valence-corrected chi connectivity index (χ4v) is 3.16. The molecular formula is C18H25NO3. The average molecular weight is 303 g/mol. The van der Waals surface area contributed by atoms with Crippen LogP contribution in [0.3, 0.4) is 0 Å². The van der Waals surface area contributed by atoms with Crippen molar-refractivity contribution >= 4 is 16.9 Å². The van der Waals surface area contributed by atoms with Crippen LogP contribution in [0.1, 0.15) is 53.9 Å². The first-order valence-corrected chi connectivity index (χ1v) is 8.03. The molecule has 0 saturated carbocycles. The summed E-state index contributed by atoms with van der Waals surface area (Å²) in [5.41, 5.74) is 4.44. The lowest BCUT2D eigenvalue weighted by Gasteiger charge is -2.09. The average Bonchev–Trinajstić information content (AvgIpc) is 2.77. The molecule has 0 fully saturated rings. The van der Waals surface area contributed by atoms with Gasteiger partial charge in [-0.1, -0.05) is 20.3 Å². The molecule has 0 radical (unpaired) electrons. The van der Waals surface area contributed by atoms with Gasteiger partial charge in [0.05, 0.1) is 17.7 Å². The number of aliphatic hydroxyl groups excluding tert-OH is 1. The maximum atomic E-state index is 11.7. The zero-order valence-corrected chi connectivity index (χ0v) is 13.6. The van der Waals surface area contributed by atoms with E-state index in [1.165, 1.54) is 5.56 Å². The van der Waals surface area contributed by atoms with E-state index in [2.05, 4.69) is 13.0 Å². The molecule has 4 nitrogen and oxygen atoms in total. The molecule has 0 bridgehead atoms. The summed E-state index contributed by atoms with van der Waals surface area (Å²) in [5, 5.41) is 20.0. The number of aromatic carboxylic acids is 1. The van der Waals surface area contributed by atoms with Crippen LogP contribution >= 0.6 is 0 Å². The number of unbranched alkanes of at least 4 members (excludes halogenated alkanes) is 1. The molecule has 1 aromatic heterocycles. The van der Waals surface area contributed by atoms with E-state index in [0.717, 1.165) is 47.8 Å². The van der Waals surface area contributed by atoms with Gasteiger partial charge in [-0.25, -0.2) is 4.79 Å². The SMILES string of the molecule is CCCCc1c(C)n(CCO)c2c(C(=O)O)cc(CC)cc12. The van der Waals surface area contributed by atoms with Crippen LogP contribution in [0.25, 0.3) is 10.9 Å². The Kier molecular flexibility index (Phi) is 5.24. The Hall–Kier alpha value is -1.81. The van der Waals surface area contributed by atoms with E-state index >= 15 is 0 Å². The van der Waals surface area contributed by atoms with Crippen LogP contribution in [0.2, 0.25) is 0 Å². The molecule has 2 N–H and O–H groups in total. The number of nitrogens with zero attached hydrogens (tertiary/aromatic N) is 1. The molecule has 1 aromatic carbocycles. The van der Waals surface area contributed by atoms with Crippen molar-refractivity contribution < 1.29 is 15.0 Å². The van der Waals surface area contributed by atoms with Gasteiger partial charge in [0.1, 0.15) is 0 Å². The standard InChI is InChI=1S/C18H25NO3/c1-4-6-7-14-12(3)19(8-9-20)17-15(14)10-13(5-2)11-16(17)18(21)22/h10-11,20H,4-9H2,1-3H3,(H,21,22). The Morgan fingerprint density at radius 1 is 1.27 bits per heavy atom. The third kappa shape index (κ3) is 2.88. The van der Waals surface area contributed by atoms with Crippen LogP contribution in [0, 0.1) is 6.92 Å². The van der Waals surface area contributed by atoms with Gasteiger partial charge in [0.15, 0.2) is 0 Å². The van der Waals surface area contributed by atoms with E-state index < -0.39 is 5.97 Å². The lowest BCUT2D eigenvalue weighted by atomic mass is 9.99. The summed E-state index contributed by atoms with van der Waals surface area (Å²) in [4.78, 5) is 11.7. The summed E-state index contributed by atoms with van der Waals surface area (Å²) in [7, 11) is 0. The fourth-order valence-electron chi connectivity index (χ4n) is 3.16. The zero-order chi connectivity index (χ0) is 16.3. The predicted octanol–water partition coefficient (Wildman–Crippen LogP) is 3.55. The number of aryl methyl sites for hydroxylation is 2. The molecule has 4 heteroatoms. The van der Waals surface area contributed by atoms with E-state index in [0.29, 0.717) is 12.1 Å². The number of fused-ring (bicyclic) bond motifs is 1. The summed E-state index contributed by atoms with van der Waals surface area (Å²) >= 11 is 0. The highest BCUT2D eigenvalue weighted by Gasteiger charge is 2.20. The van der Waals surface area contributed by atoms with Crippen LogP contribution in [0.15, 0.2) is 12.1 Å². The van der Waals surface area contributed by atoms with Crippen LogP contribution in [-0.2, 0) is 19.4 Å². The van der Waals surface area contributed by atoms with Crippen molar-refractivity contribution in [2.75, 3.05) is 6.61 Å². The minimum atomic E-state index is -0.904. The molecule has 2 aromatic rings. The van der Waals surface area contributed by atoms with Gasteiger partial charge < -0.3 is 14.8 Å². The Labute approximate surface area is 131 Å². The molecule has 1 heterocycles. The van der Waals surface area contributed by atoms with Crippen LogP contribution in [0.5, 0.6) is 0 Å². The predicted molar refractivity (Wildman–Crippen MR) is 88.7 cm³/mol. The van der Waals surface area contributed by atoms with Crippen molar-refractivity contribution in [3.8, 4) is 0 Å². The van der Waals surface area contributed by atoms with Crippen LogP contribution in [-0.4, -0.2) is 27.4 Å². The minimum Gasteiger partial charge on any atom is -0.478 e. The third-order valence-electron chi connectivity index (χ3n) is 4.35. The topological polar surface area (TPSA) is 62.5 Å². The van der Waals surface area contributed by atoms with Crippen molar-refractivity contribution in [3.63, 3.8) is 0 Å². The molecule has 0 aliphatic heterocycles. The van der Waals surface area contributed by atoms with Gasteiger partial charge >= 0.3 is 5.97 Å². The van der Waals surface area contributed by atoms with Gasteiger partial charge in [0.2, 0.25) is 0 Å². The van der Waals surface area contributed by atoms with Crippen LogP contribution in [0.4, 0.5) is 0 Å². The van der Waals surface area contributed by atoms with Gasteiger partial charge in [0.25, 0.3) is 0 Å². The lowest BCUT2D eigenvalue weighted by Crippen LogP contribution is -2.08. The highest BCUT2D eigenvalue weighted by Crippen LogP contribution is 2.31. The summed E-state index contributed by atoms with van der Waals surface area (Å²) in [6.45, 7) is 6.66. The number of hydrogen-bond donors (Lipinski definition) is 2. The summed E-state index contributed by atoms with van der Waals surface area (Å²) in [6.07, 6.45) is 3.94.